The minimum Gasteiger partial charge on any atom is -0.383 e. The first-order chi connectivity index (χ1) is 5.70. The van der Waals surface area contributed by atoms with Gasteiger partial charge in [-0.25, -0.2) is 9.66 Å². The Hall–Kier alpha value is -1.10. The van der Waals surface area contributed by atoms with E-state index in [1.54, 1.807) is 0 Å². The minimum atomic E-state index is 0.369. The van der Waals surface area contributed by atoms with Gasteiger partial charge in [0.25, 0.3) is 0 Å². The first-order valence-corrected chi connectivity index (χ1v) is 4.26. The van der Waals surface area contributed by atoms with Crippen molar-refractivity contribution in [1.82, 2.24) is 9.66 Å². The molecule has 0 saturated heterocycles. The van der Waals surface area contributed by atoms with Gasteiger partial charge in [0.05, 0.1) is 0 Å². The molecule has 0 fully saturated rings. The first-order valence-electron chi connectivity index (χ1n) is 3.85. The Bertz CT molecular complexity index is 382. The Morgan fingerprint density at radius 1 is 1.42 bits per heavy atom. The average molecular weight is 182 g/mol. The van der Waals surface area contributed by atoms with E-state index in [-0.39, 0.29) is 0 Å². The maximum atomic E-state index is 5.70. The molecule has 0 atom stereocenters. The molecule has 1 aliphatic rings. The van der Waals surface area contributed by atoms with Gasteiger partial charge in [0, 0.05) is 11.3 Å². The van der Waals surface area contributed by atoms with Crippen LogP contribution < -0.4 is 11.6 Å². The molecule has 0 unspecified atom stereocenters. The largest absolute Gasteiger partial charge is 0.383 e. The Morgan fingerprint density at radius 3 is 2.92 bits per heavy atom. The van der Waals surface area contributed by atoms with Crippen LogP contribution in [0.5, 0.6) is 0 Å². The molecule has 0 bridgehead atoms. The van der Waals surface area contributed by atoms with Gasteiger partial charge in [-0.15, -0.1) is 0 Å². The number of anilines is 1. The molecule has 4 nitrogen and oxygen atoms in total. The van der Waals surface area contributed by atoms with E-state index in [4.69, 9.17) is 23.8 Å². The van der Waals surface area contributed by atoms with E-state index in [2.05, 4.69) is 4.98 Å². The predicted molar refractivity (Wildman–Crippen MR) is 49.6 cm³/mol. The topological polar surface area (TPSA) is 69.9 Å². The Kier molecular flexibility index (Phi) is 1.54. The van der Waals surface area contributed by atoms with Crippen molar-refractivity contribution in [2.24, 2.45) is 0 Å². The molecule has 1 aliphatic carbocycles. The number of nitrogens with two attached hydrogens (primary N) is 2. The third kappa shape index (κ3) is 0.896. The van der Waals surface area contributed by atoms with Crippen LogP contribution in [0.1, 0.15) is 17.7 Å². The molecule has 4 N–H and O–H groups in total. The molecule has 1 aromatic rings. The Labute approximate surface area is 75.2 Å². The summed E-state index contributed by atoms with van der Waals surface area (Å²) in [6.45, 7) is 0. The minimum absolute atomic E-state index is 0.369. The number of nitrogen functional groups attached to an aromatic ring is 2. The van der Waals surface area contributed by atoms with Crippen LogP contribution in [0.25, 0.3) is 0 Å². The van der Waals surface area contributed by atoms with E-state index < -0.39 is 0 Å². The molecule has 1 aromatic heterocycles. The summed E-state index contributed by atoms with van der Waals surface area (Å²) in [6, 6.07) is 0. The van der Waals surface area contributed by atoms with Gasteiger partial charge in [-0.1, -0.05) is 0 Å². The highest BCUT2D eigenvalue weighted by Crippen LogP contribution is 2.24. The van der Waals surface area contributed by atoms with Crippen LogP contribution in [0.2, 0.25) is 0 Å². The lowest BCUT2D eigenvalue weighted by atomic mass is 10.2. The monoisotopic (exact) mass is 182 g/mol. The zero-order valence-corrected chi connectivity index (χ0v) is 7.40. The lowest BCUT2D eigenvalue weighted by Crippen LogP contribution is -2.18. The molecule has 0 amide bonds. The van der Waals surface area contributed by atoms with E-state index >= 15 is 0 Å². The maximum absolute atomic E-state index is 5.70. The first kappa shape index (κ1) is 7.54. The molecular formula is C7H10N4S. The van der Waals surface area contributed by atoms with Crippen LogP contribution in [-0.4, -0.2) is 9.66 Å². The molecule has 0 radical (unpaired) electrons. The van der Waals surface area contributed by atoms with Gasteiger partial charge in [-0.05, 0) is 31.5 Å². The highest BCUT2D eigenvalue weighted by atomic mass is 32.1. The fourth-order valence-electron chi connectivity index (χ4n) is 1.61. The van der Waals surface area contributed by atoms with Gasteiger partial charge in [-0.3, -0.25) is 0 Å². The third-order valence-corrected chi connectivity index (χ3v) is 2.50. The summed E-state index contributed by atoms with van der Waals surface area (Å²) in [6.07, 6.45) is 3.03. The van der Waals surface area contributed by atoms with Crippen LogP contribution in [-0.2, 0) is 12.8 Å². The van der Waals surface area contributed by atoms with Crippen LogP contribution in [0, 0.1) is 4.77 Å². The SMILES string of the molecule is Nc1nc(=S)n(N)c2c1CCC2. The fraction of sp³-hybridized carbons (Fsp3) is 0.429. The second-order valence-electron chi connectivity index (χ2n) is 2.93. The maximum Gasteiger partial charge on any atom is 0.220 e. The number of hydrogen-bond acceptors (Lipinski definition) is 4. The number of rotatable bonds is 0. The second-order valence-corrected chi connectivity index (χ2v) is 3.29. The van der Waals surface area contributed by atoms with Gasteiger partial charge in [0.15, 0.2) is 0 Å². The fourth-order valence-corrected chi connectivity index (χ4v) is 1.82. The lowest BCUT2D eigenvalue weighted by Gasteiger charge is -2.07. The summed E-state index contributed by atoms with van der Waals surface area (Å²) in [5.74, 6) is 6.25. The molecule has 0 aromatic carbocycles. The predicted octanol–water partition coefficient (Wildman–Crippen LogP) is 0.397. The van der Waals surface area contributed by atoms with Crippen LogP contribution in [0.4, 0.5) is 5.82 Å². The normalized spacial score (nSPS) is 14.7. The Morgan fingerprint density at radius 2 is 2.17 bits per heavy atom. The van der Waals surface area contributed by atoms with E-state index in [1.807, 2.05) is 0 Å². The van der Waals surface area contributed by atoms with Crippen LogP contribution in [0.3, 0.4) is 0 Å². The molecule has 12 heavy (non-hydrogen) atoms. The second kappa shape index (κ2) is 2.45. The van der Waals surface area contributed by atoms with Crippen molar-refractivity contribution in [2.75, 3.05) is 11.6 Å². The summed E-state index contributed by atoms with van der Waals surface area (Å²) < 4.78 is 1.83. The van der Waals surface area contributed by atoms with Crippen molar-refractivity contribution < 1.29 is 0 Å². The van der Waals surface area contributed by atoms with Crippen molar-refractivity contribution in [3.63, 3.8) is 0 Å². The van der Waals surface area contributed by atoms with Crippen LogP contribution >= 0.6 is 12.2 Å². The highest BCUT2D eigenvalue weighted by Gasteiger charge is 2.17. The standard InChI is InChI=1S/C7H10N4S/c8-6-4-2-1-3-5(4)11(9)7(12)10-6/h1-3,9H2,(H2,8,10,12). The average Bonchev–Trinajstić information content (AvgIpc) is 2.48. The zero-order chi connectivity index (χ0) is 8.72. The Balaban J connectivity index is 2.78. The van der Waals surface area contributed by atoms with Crippen molar-refractivity contribution >= 4 is 18.0 Å². The summed E-state index contributed by atoms with van der Waals surface area (Å²) in [4.78, 5) is 3.98. The number of nitrogens with zero attached hydrogens (tertiary/aromatic N) is 2. The molecule has 0 spiro atoms. The van der Waals surface area contributed by atoms with Crippen molar-refractivity contribution in [1.29, 1.82) is 0 Å². The zero-order valence-electron chi connectivity index (χ0n) is 6.58. The number of hydrogen-bond donors (Lipinski definition) is 2. The van der Waals surface area contributed by atoms with E-state index in [1.165, 1.54) is 4.68 Å². The molecule has 1 heterocycles. The molecule has 0 saturated carbocycles. The van der Waals surface area contributed by atoms with Crippen molar-refractivity contribution in [2.45, 2.75) is 19.3 Å². The summed E-state index contributed by atoms with van der Waals surface area (Å²) in [5.41, 5.74) is 7.82. The lowest BCUT2D eigenvalue weighted by molar-refractivity contribution is 0.820. The van der Waals surface area contributed by atoms with Gasteiger partial charge >= 0.3 is 0 Å². The summed E-state index contributed by atoms with van der Waals surface area (Å²) >= 11 is 4.93. The van der Waals surface area contributed by atoms with Gasteiger partial charge in [0.2, 0.25) is 4.77 Å². The smallest absolute Gasteiger partial charge is 0.220 e. The summed E-state index contributed by atoms with van der Waals surface area (Å²) in [5, 5.41) is 0. The number of fused-ring (bicyclic) bond motifs is 1. The molecule has 64 valence electrons. The van der Waals surface area contributed by atoms with E-state index in [0.717, 1.165) is 30.5 Å². The molecule has 5 heteroatoms. The third-order valence-electron chi connectivity index (χ3n) is 2.21. The quantitative estimate of drug-likeness (QED) is 0.450. The van der Waals surface area contributed by atoms with Crippen LogP contribution in [0.15, 0.2) is 0 Å². The van der Waals surface area contributed by atoms with E-state index in [0.29, 0.717) is 10.6 Å². The van der Waals surface area contributed by atoms with Crippen molar-refractivity contribution in [3.8, 4) is 0 Å². The molecule has 2 rings (SSSR count). The van der Waals surface area contributed by atoms with Crippen molar-refractivity contribution in [3.05, 3.63) is 16.0 Å². The molecular weight excluding hydrogens is 172 g/mol. The summed E-state index contributed by atoms with van der Waals surface area (Å²) in [7, 11) is 0. The number of aromatic nitrogens is 2. The van der Waals surface area contributed by atoms with Gasteiger partial charge in [0.1, 0.15) is 5.82 Å². The van der Waals surface area contributed by atoms with E-state index in [9.17, 15) is 0 Å². The van der Waals surface area contributed by atoms with Gasteiger partial charge < -0.3 is 11.6 Å². The molecule has 0 aliphatic heterocycles. The highest BCUT2D eigenvalue weighted by molar-refractivity contribution is 7.71. The van der Waals surface area contributed by atoms with Gasteiger partial charge in [-0.2, -0.15) is 0 Å².